The second kappa shape index (κ2) is 6.94. The average Bonchev–Trinajstić information content (AvgIpc) is 3.14. The van der Waals surface area contributed by atoms with Crippen molar-refractivity contribution in [2.75, 3.05) is 30.3 Å². The predicted molar refractivity (Wildman–Crippen MR) is 112 cm³/mol. The number of anilines is 2. The number of fused-ring (bicyclic) bond motifs is 2. The van der Waals surface area contributed by atoms with Gasteiger partial charge in [-0.2, -0.15) is 0 Å². The summed E-state index contributed by atoms with van der Waals surface area (Å²) in [4.78, 5) is 29.3. The molecule has 1 unspecified atom stereocenters. The van der Waals surface area contributed by atoms with Crippen molar-refractivity contribution < 1.29 is 22.7 Å². The molecule has 11 heteroatoms. The predicted octanol–water partition coefficient (Wildman–Crippen LogP) is 2.81. The number of nitrogens with two attached hydrogens (primary N) is 1. The van der Waals surface area contributed by atoms with Gasteiger partial charge in [-0.15, -0.1) is 13.2 Å². The highest BCUT2D eigenvalue weighted by Crippen LogP contribution is 2.58. The Labute approximate surface area is 187 Å². The van der Waals surface area contributed by atoms with Crippen LogP contribution in [0.4, 0.5) is 24.9 Å². The number of piperidine rings is 1. The van der Waals surface area contributed by atoms with Crippen molar-refractivity contribution in [3.8, 4) is 17.0 Å². The third-order valence-corrected chi connectivity index (χ3v) is 7.48. The average molecular weight is 460 g/mol. The number of halogens is 3. The molecule has 0 spiro atoms. The zero-order valence-corrected chi connectivity index (χ0v) is 17.9. The van der Waals surface area contributed by atoms with E-state index in [4.69, 9.17) is 15.7 Å². The van der Waals surface area contributed by atoms with E-state index in [-0.39, 0.29) is 17.6 Å². The molecule has 3 aliphatic heterocycles. The lowest BCUT2D eigenvalue weighted by Gasteiger charge is -2.26. The molecule has 1 amide bonds. The van der Waals surface area contributed by atoms with Crippen LogP contribution < -0.4 is 15.4 Å². The number of rotatable bonds is 4. The van der Waals surface area contributed by atoms with Gasteiger partial charge in [0.2, 0.25) is 11.9 Å². The number of alkyl halides is 3. The summed E-state index contributed by atoms with van der Waals surface area (Å²) in [6.07, 6.45) is -1.22. The molecule has 33 heavy (non-hydrogen) atoms. The van der Waals surface area contributed by atoms with Gasteiger partial charge in [0.05, 0.1) is 11.4 Å². The van der Waals surface area contributed by atoms with Crippen LogP contribution >= 0.6 is 0 Å². The van der Waals surface area contributed by atoms with Crippen molar-refractivity contribution in [2.24, 2.45) is 17.8 Å². The Morgan fingerprint density at radius 2 is 1.88 bits per heavy atom. The molecule has 7 rings (SSSR count). The molecule has 2 aromatic heterocycles. The topological polar surface area (TPSA) is 97.5 Å². The molecular weight excluding hydrogens is 437 g/mol. The standard InChI is InChI=1S/C22H23F3N6O2/c1-10(32)30-8-14-15(9-30)19(14)17-5-16(28-21(29-17)31-7-11-2-13(31)3-11)12-4-18(20(26)27-6-12)33-22(23,24)25/h4-6,11,13-15,19H,2-3,7-9H2,1H3,(H2,26,27)/t11?,13?,14-,15+,19?. The van der Waals surface area contributed by atoms with Crippen molar-refractivity contribution in [3.05, 3.63) is 24.0 Å². The molecule has 2 N–H and O–H groups in total. The molecule has 5 fully saturated rings. The summed E-state index contributed by atoms with van der Waals surface area (Å²) >= 11 is 0. The molecule has 3 atom stereocenters. The second-order valence-corrected chi connectivity index (χ2v) is 9.55. The highest BCUT2D eigenvalue weighted by Gasteiger charge is 2.58. The first kappa shape index (κ1) is 20.5. The minimum atomic E-state index is -4.87. The number of carbonyl (C=O) groups excluding carboxylic acids is 1. The molecule has 8 nitrogen and oxygen atoms in total. The minimum absolute atomic E-state index is 0.0759. The number of pyridine rings is 1. The highest BCUT2D eigenvalue weighted by molar-refractivity contribution is 5.74. The monoisotopic (exact) mass is 460 g/mol. The van der Waals surface area contributed by atoms with Crippen LogP contribution in [0.3, 0.4) is 0 Å². The van der Waals surface area contributed by atoms with E-state index in [9.17, 15) is 18.0 Å². The summed E-state index contributed by atoms with van der Waals surface area (Å²) in [6.45, 7) is 3.89. The number of nitrogens with zero attached hydrogens (tertiary/aromatic N) is 5. The number of aromatic nitrogens is 3. The quantitative estimate of drug-likeness (QED) is 0.749. The van der Waals surface area contributed by atoms with Crippen molar-refractivity contribution in [3.63, 3.8) is 0 Å². The van der Waals surface area contributed by atoms with Gasteiger partial charge in [0.15, 0.2) is 11.6 Å². The van der Waals surface area contributed by atoms with Gasteiger partial charge in [0, 0.05) is 50.3 Å². The normalized spacial score (nSPS) is 29.6. The molecule has 2 saturated carbocycles. The maximum absolute atomic E-state index is 12.8. The summed E-state index contributed by atoms with van der Waals surface area (Å²) in [5.74, 6) is 1.36. The van der Waals surface area contributed by atoms with Crippen molar-refractivity contribution in [1.29, 1.82) is 0 Å². The largest absolute Gasteiger partial charge is 0.573 e. The number of nitrogen functional groups attached to an aromatic ring is 1. The summed E-state index contributed by atoms with van der Waals surface area (Å²) in [6, 6.07) is 3.47. The molecule has 2 aliphatic carbocycles. The summed E-state index contributed by atoms with van der Waals surface area (Å²) in [5, 5.41) is 0. The first-order valence-corrected chi connectivity index (χ1v) is 11.1. The van der Waals surface area contributed by atoms with Gasteiger partial charge in [-0.1, -0.05) is 0 Å². The first-order chi connectivity index (χ1) is 15.7. The molecule has 174 valence electrons. The van der Waals surface area contributed by atoms with Crippen molar-refractivity contribution in [1.82, 2.24) is 19.9 Å². The Morgan fingerprint density at radius 1 is 1.15 bits per heavy atom. The third-order valence-electron chi connectivity index (χ3n) is 7.48. The van der Waals surface area contributed by atoms with Gasteiger partial charge in [0.25, 0.3) is 0 Å². The van der Waals surface area contributed by atoms with E-state index in [0.29, 0.717) is 54.1 Å². The smallest absolute Gasteiger partial charge is 0.402 e. The molecule has 2 aromatic rings. The highest BCUT2D eigenvalue weighted by atomic mass is 19.4. The lowest BCUT2D eigenvalue weighted by Crippen LogP contribution is -2.30. The van der Waals surface area contributed by atoms with Gasteiger partial charge in [-0.3, -0.25) is 4.79 Å². The lowest BCUT2D eigenvalue weighted by atomic mass is 9.86. The van der Waals surface area contributed by atoms with Crippen LogP contribution in [0.1, 0.15) is 31.4 Å². The third kappa shape index (κ3) is 3.53. The van der Waals surface area contributed by atoms with Crippen LogP contribution in [0.25, 0.3) is 11.3 Å². The van der Waals surface area contributed by atoms with E-state index in [0.717, 1.165) is 25.1 Å². The summed E-state index contributed by atoms with van der Waals surface area (Å²) < 4.78 is 42.5. The molecule has 5 aliphatic rings. The van der Waals surface area contributed by atoms with Gasteiger partial charge >= 0.3 is 6.36 Å². The van der Waals surface area contributed by atoms with Crippen LogP contribution in [0.5, 0.6) is 5.75 Å². The van der Waals surface area contributed by atoms with Crippen LogP contribution in [-0.2, 0) is 4.79 Å². The second-order valence-electron chi connectivity index (χ2n) is 9.55. The number of ether oxygens (including phenoxy) is 1. The molecule has 0 aromatic carbocycles. The van der Waals surface area contributed by atoms with E-state index in [1.54, 1.807) is 6.92 Å². The Morgan fingerprint density at radius 3 is 2.48 bits per heavy atom. The van der Waals surface area contributed by atoms with Gasteiger partial charge in [0.1, 0.15) is 0 Å². The summed E-state index contributed by atoms with van der Waals surface area (Å²) in [7, 11) is 0. The van der Waals surface area contributed by atoms with E-state index in [1.165, 1.54) is 12.3 Å². The number of carbonyl (C=O) groups is 1. The van der Waals surface area contributed by atoms with Crippen molar-refractivity contribution >= 4 is 17.7 Å². The Hall–Kier alpha value is -3.11. The fourth-order valence-electron chi connectivity index (χ4n) is 5.70. The molecule has 3 saturated heterocycles. The fraction of sp³-hybridized carbons (Fsp3) is 0.545. The van der Waals surface area contributed by atoms with Crippen LogP contribution in [0.2, 0.25) is 0 Å². The molecule has 2 bridgehead atoms. The van der Waals surface area contributed by atoms with Crippen LogP contribution in [-0.4, -0.2) is 57.8 Å². The van der Waals surface area contributed by atoms with E-state index in [1.807, 2.05) is 11.0 Å². The molecular formula is C22H23F3N6O2. The Balaban J connectivity index is 1.36. The van der Waals surface area contributed by atoms with Crippen LogP contribution in [0.15, 0.2) is 18.3 Å². The minimum Gasteiger partial charge on any atom is -0.402 e. The zero-order valence-electron chi connectivity index (χ0n) is 17.9. The van der Waals surface area contributed by atoms with Crippen LogP contribution in [0, 0.1) is 17.8 Å². The van der Waals surface area contributed by atoms with Gasteiger partial charge in [-0.05, 0) is 42.7 Å². The number of hydrogen-bond acceptors (Lipinski definition) is 7. The van der Waals surface area contributed by atoms with Crippen molar-refractivity contribution in [2.45, 2.75) is 38.1 Å². The van der Waals surface area contributed by atoms with Gasteiger partial charge < -0.3 is 20.3 Å². The fourth-order valence-corrected chi connectivity index (χ4v) is 5.70. The number of likely N-dealkylation sites (tertiary alicyclic amines) is 1. The van der Waals surface area contributed by atoms with Gasteiger partial charge in [-0.25, -0.2) is 15.0 Å². The molecule has 5 heterocycles. The Bertz CT molecular complexity index is 1120. The number of amides is 1. The van der Waals surface area contributed by atoms with E-state index >= 15 is 0 Å². The lowest BCUT2D eigenvalue weighted by molar-refractivity contribution is -0.274. The first-order valence-electron chi connectivity index (χ1n) is 11.1. The summed E-state index contributed by atoms with van der Waals surface area (Å²) in [5.41, 5.74) is 7.35. The van der Waals surface area contributed by atoms with E-state index in [2.05, 4.69) is 14.6 Å². The molecule has 0 radical (unpaired) electrons. The Kier molecular flexibility index (Phi) is 4.31. The maximum atomic E-state index is 12.8. The maximum Gasteiger partial charge on any atom is 0.573 e. The zero-order chi connectivity index (χ0) is 23.1. The SMILES string of the molecule is CC(=O)N1C[C@@H]2C(c3cc(-c4cnc(N)c(OC(F)(F)F)c4)nc(N4CC5CC4C5)n3)[C@@H]2C1. The number of hydrogen-bond donors (Lipinski definition) is 1. The van der Waals surface area contributed by atoms with E-state index < -0.39 is 12.1 Å².